The maximum Gasteiger partial charge on any atom is 0.244 e. The molecule has 6 nitrogen and oxygen atoms in total. The van der Waals surface area contributed by atoms with Crippen LogP contribution < -0.4 is 10.6 Å². The smallest absolute Gasteiger partial charge is 0.244 e. The largest absolute Gasteiger partial charge is 0.357 e. The first-order valence-electron chi connectivity index (χ1n) is 9.49. The summed E-state index contributed by atoms with van der Waals surface area (Å²) in [6.45, 7) is 4.15. The minimum atomic E-state index is -0.0250. The van der Waals surface area contributed by atoms with E-state index in [9.17, 15) is 4.79 Å². The second-order valence-corrected chi connectivity index (χ2v) is 6.82. The molecule has 0 atom stereocenters. The molecule has 28 heavy (non-hydrogen) atoms. The molecule has 0 aliphatic rings. The van der Waals surface area contributed by atoms with Crippen molar-refractivity contribution in [1.29, 1.82) is 0 Å². The Kier molecular flexibility index (Phi) is 9.28. The van der Waals surface area contributed by atoms with Crippen molar-refractivity contribution in [2.45, 2.75) is 19.8 Å². The number of nitrogens with one attached hydrogen (secondary N) is 2. The monoisotopic (exact) mass is 401 g/mol. The van der Waals surface area contributed by atoms with Gasteiger partial charge in [-0.05, 0) is 43.2 Å². The Bertz CT molecular complexity index is 766. The zero-order valence-corrected chi connectivity index (χ0v) is 17.2. The summed E-state index contributed by atoms with van der Waals surface area (Å²) < 4.78 is 0. The molecule has 1 aromatic heterocycles. The Morgan fingerprint density at radius 1 is 1.18 bits per heavy atom. The van der Waals surface area contributed by atoms with Crippen LogP contribution >= 0.6 is 11.6 Å². The van der Waals surface area contributed by atoms with Crippen molar-refractivity contribution in [3.63, 3.8) is 0 Å². The maximum atomic E-state index is 12.3. The van der Waals surface area contributed by atoms with E-state index in [2.05, 4.69) is 20.6 Å². The number of carbonyl (C=O) groups is 1. The second-order valence-electron chi connectivity index (χ2n) is 6.39. The molecule has 1 amide bonds. The van der Waals surface area contributed by atoms with Crippen molar-refractivity contribution in [2.75, 3.05) is 33.2 Å². The summed E-state index contributed by atoms with van der Waals surface area (Å²) in [4.78, 5) is 22.7. The Morgan fingerprint density at radius 2 is 2.04 bits per heavy atom. The number of rotatable bonds is 9. The van der Waals surface area contributed by atoms with Crippen molar-refractivity contribution in [2.24, 2.45) is 4.99 Å². The second kappa shape index (κ2) is 12.0. The third kappa shape index (κ3) is 7.96. The van der Waals surface area contributed by atoms with E-state index < -0.39 is 0 Å². The highest BCUT2D eigenvalue weighted by Crippen LogP contribution is 2.10. The van der Waals surface area contributed by atoms with Gasteiger partial charge in [0.1, 0.15) is 6.54 Å². The number of guanidine groups is 1. The lowest BCUT2D eigenvalue weighted by molar-refractivity contribution is -0.128. The van der Waals surface area contributed by atoms with E-state index in [1.165, 1.54) is 0 Å². The van der Waals surface area contributed by atoms with Gasteiger partial charge in [0.2, 0.25) is 5.91 Å². The lowest BCUT2D eigenvalue weighted by Crippen LogP contribution is -2.39. The minimum Gasteiger partial charge on any atom is -0.357 e. The predicted molar refractivity (Wildman–Crippen MR) is 115 cm³/mol. The first-order valence-corrected chi connectivity index (χ1v) is 9.86. The number of hydrogen-bond acceptors (Lipinski definition) is 3. The summed E-state index contributed by atoms with van der Waals surface area (Å²) in [5.41, 5.74) is 2.13. The van der Waals surface area contributed by atoms with E-state index in [0.29, 0.717) is 19.0 Å². The van der Waals surface area contributed by atoms with Gasteiger partial charge < -0.3 is 15.5 Å². The fraction of sp³-hybridized carbons (Fsp3) is 0.381. The average molecular weight is 402 g/mol. The van der Waals surface area contributed by atoms with Crippen molar-refractivity contribution in [1.82, 2.24) is 20.5 Å². The Labute approximate surface area is 172 Å². The van der Waals surface area contributed by atoms with Gasteiger partial charge in [0.15, 0.2) is 5.96 Å². The summed E-state index contributed by atoms with van der Waals surface area (Å²) in [5.74, 6) is 0.610. The number of benzene rings is 1. The molecular formula is C21H28ClN5O. The predicted octanol–water partition coefficient (Wildman–Crippen LogP) is 2.53. The van der Waals surface area contributed by atoms with Crippen LogP contribution in [0.15, 0.2) is 53.7 Å². The molecular weight excluding hydrogens is 374 g/mol. The van der Waals surface area contributed by atoms with Crippen LogP contribution in [-0.4, -0.2) is 55.0 Å². The van der Waals surface area contributed by atoms with Crippen LogP contribution in [0.3, 0.4) is 0 Å². The Morgan fingerprint density at radius 3 is 2.75 bits per heavy atom. The molecule has 0 saturated carbocycles. The Hall–Kier alpha value is -2.60. The zero-order valence-electron chi connectivity index (χ0n) is 16.5. The highest BCUT2D eigenvalue weighted by Gasteiger charge is 2.09. The van der Waals surface area contributed by atoms with E-state index in [0.717, 1.165) is 35.7 Å². The van der Waals surface area contributed by atoms with Gasteiger partial charge in [-0.3, -0.25) is 9.78 Å². The molecule has 2 N–H and O–H groups in total. The third-order valence-corrected chi connectivity index (χ3v) is 4.40. The van der Waals surface area contributed by atoms with Crippen LogP contribution in [0.1, 0.15) is 18.2 Å². The fourth-order valence-electron chi connectivity index (χ4n) is 2.58. The van der Waals surface area contributed by atoms with Gasteiger partial charge in [-0.2, -0.15) is 0 Å². The number of amides is 1. The number of aromatic nitrogens is 1. The van der Waals surface area contributed by atoms with Crippen LogP contribution in [0.25, 0.3) is 0 Å². The molecule has 0 fully saturated rings. The first-order chi connectivity index (χ1) is 13.6. The first kappa shape index (κ1) is 21.7. The number of halogens is 1. The highest BCUT2D eigenvalue weighted by atomic mass is 35.5. The van der Waals surface area contributed by atoms with E-state index in [1.54, 1.807) is 18.1 Å². The van der Waals surface area contributed by atoms with E-state index >= 15 is 0 Å². The van der Waals surface area contributed by atoms with Crippen molar-refractivity contribution in [3.05, 3.63) is 64.9 Å². The molecule has 2 rings (SSSR count). The summed E-state index contributed by atoms with van der Waals surface area (Å²) >= 11 is 6.01. The van der Waals surface area contributed by atoms with E-state index in [4.69, 9.17) is 11.6 Å². The van der Waals surface area contributed by atoms with Gasteiger partial charge in [-0.25, -0.2) is 4.99 Å². The van der Waals surface area contributed by atoms with Crippen molar-refractivity contribution >= 4 is 23.5 Å². The Balaban J connectivity index is 1.78. The molecule has 1 aromatic carbocycles. The fourth-order valence-corrected chi connectivity index (χ4v) is 2.79. The van der Waals surface area contributed by atoms with Crippen molar-refractivity contribution in [3.8, 4) is 0 Å². The quantitative estimate of drug-likeness (QED) is 0.500. The molecule has 150 valence electrons. The maximum absolute atomic E-state index is 12.3. The standard InChI is InChI=1S/C21H28ClN5O/c1-3-23-21(25-13-10-17-7-6-8-18(22)15-17)26-16-20(28)27(2)14-11-19-9-4-5-12-24-19/h4-9,12,15H,3,10-11,13-14,16H2,1-2H3,(H2,23,25,26). The van der Waals surface area contributed by atoms with E-state index in [-0.39, 0.29) is 12.5 Å². The third-order valence-electron chi connectivity index (χ3n) is 4.17. The molecule has 0 spiro atoms. The lowest BCUT2D eigenvalue weighted by atomic mass is 10.1. The van der Waals surface area contributed by atoms with Crippen LogP contribution in [0.2, 0.25) is 5.02 Å². The van der Waals surface area contributed by atoms with Gasteiger partial charge in [-0.1, -0.05) is 29.8 Å². The number of hydrogen-bond donors (Lipinski definition) is 2. The number of likely N-dealkylation sites (N-methyl/N-ethyl adjacent to an activating group) is 1. The van der Waals surface area contributed by atoms with Crippen LogP contribution in [-0.2, 0) is 17.6 Å². The molecule has 0 bridgehead atoms. The highest BCUT2D eigenvalue weighted by molar-refractivity contribution is 6.30. The molecule has 0 aliphatic heterocycles. The summed E-state index contributed by atoms with van der Waals surface area (Å²) in [6.07, 6.45) is 3.31. The normalized spacial score (nSPS) is 11.2. The molecule has 7 heteroatoms. The molecule has 0 unspecified atom stereocenters. The topological polar surface area (TPSA) is 69.6 Å². The van der Waals surface area contributed by atoms with Crippen LogP contribution in [0.5, 0.6) is 0 Å². The van der Waals surface area contributed by atoms with Gasteiger partial charge in [0, 0.05) is 50.0 Å². The molecule has 1 heterocycles. The summed E-state index contributed by atoms with van der Waals surface area (Å²) in [5, 5.41) is 7.15. The summed E-state index contributed by atoms with van der Waals surface area (Å²) in [7, 11) is 1.79. The lowest BCUT2D eigenvalue weighted by Gasteiger charge is -2.16. The SMILES string of the molecule is CCNC(=NCC(=O)N(C)CCc1ccccn1)NCCc1cccc(Cl)c1. The zero-order chi connectivity index (χ0) is 20.2. The summed E-state index contributed by atoms with van der Waals surface area (Å²) in [6, 6.07) is 13.6. The van der Waals surface area contributed by atoms with Gasteiger partial charge in [-0.15, -0.1) is 0 Å². The minimum absolute atomic E-state index is 0.0250. The number of aliphatic imine (C=N–C) groups is 1. The molecule has 0 aliphatic carbocycles. The van der Waals surface area contributed by atoms with Gasteiger partial charge >= 0.3 is 0 Å². The van der Waals surface area contributed by atoms with Gasteiger partial charge in [0.25, 0.3) is 0 Å². The van der Waals surface area contributed by atoms with E-state index in [1.807, 2.05) is 49.4 Å². The molecule has 0 saturated heterocycles. The molecule has 2 aromatic rings. The van der Waals surface area contributed by atoms with Crippen LogP contribution in [0, 0.1) is 0 Å². The average Bonchev–Trinajstić information content (AvgIpc) is 2.70. The van der Waals surface area contributed by atoms with Crippen molar-refractivity contribution < 1.29 is 4.79 Å². The number of nitrogens with zero attached hydrogens (tertiary/aromatic N) is 3. The van der Waals surface area contributed by atoms with Gasteiger partial charge in [0.05, 0.1) is 0 Å². The number of carbonyl (C=O) groups excluding carboxylic acids is 1. The number of pyridine rings is 1. The van der Waals surface area contributed by atoms with Crippen LogP contribution in [0.4, 0.5) is 0 Å². The molecule has 0 radical (unpaired) electrons.